The van der Waals surface area contributed by atoms with Crippen molar-refractivity contribution >= 4 is 5.91 Å². The Morgan fingerprint density at radius 2 is 2.25 bits per heavy atom. The Bertz CT molecular complexity index is 1090. The van der Waals surface area contributed by atoms with Crippen molar-refractivity contribution < 1.29 is 9.53 Å². The van der Waals surface area contributed by atoms with Crippen LogP contribution in [-0.2, 0) is 27.8 Å². The number of nitrogens with zero attached hydrogens (tertiary/aromatic N) is 3. The minimum atomic E-state index is -0.297. The van der Waals surface area contributed by atoms with Crippen LogP contribution in [-0.4, -0.2) is 35.7 Å². The Balaban J connectivity index is 1.77. The first-order chi connectivity index (χ1) is 15.4. The van der Waals surface area contributed by atoms with Crippen LogP contribution >= 0.6 is 0 Å². The minimum Gasteiger partial charge on any atom is -0.376 e. The summed E-state index contributed by atoms with van der Waals surface area (Å²) in [7, 11) is 1.67. The molecule has 1 aromatic heterocycles. The number of nitriles is 1. The van der Waals surface area contributed by atoms with Crippen molar-refractivity contribution in [2.75, 3.05) is 20.3 Å². The molecule has 0 radical (unpaired) electrons. The molecule has 0 bridgehead atoms. The maximum Gasteiger partial charge on any atom is 0.220 e. The number of aromatic nitrogens is 2. The molecule has 2 heterocycles. The number of amides is 1. The van der Waals surface area contributed by atoms with Crippen molar-refractivity contribution in [3.63, 3.8) is 0 Å². The molecule has 1 aromatic carbocycles. The number of carbonyl (C=O) groups excluding carboxylic acids is 1. The molecule has 2 aromatic rings. The van der Waals surface area contributed by atoms with Crippen LogP contribution in [0.4, 0.5) is 0 Å². The van der Waals surface area contributed by atoms with E-state index in [2.05, 4.69) is 67.1 Å². The van der Waals surface area contributed by atoms with Gasteiger partial charge in [0.25, 0.3) is 0 Å². The quantitative estimate of drug-likeness (QED) is 0.797. The van der Waals surface area contributed by atoms with Crippen LogP contribution in [0.15, 0.2) is 35.9 Å². The molecule has 1 aliphatic heterocycles. The molecule has 0 fully saturated rings. The van der Waals surface area contributed by atoms with Crippen LogP contribution in [0.5, 0.6) is 0 Å². The van der Waals surface area contributed by atoms with E-state index in [9.17, 15) is 10.1 Å². The molecule has 168 valence electrons. The third kappa shape index (κ3) is 3.98. The molecule has 6 heteroatoms. The average Bonchev–Trinajstić information content (AvgIpc) is 3.13. The number of benzene rings is 1. The van der Waals surface area contributed by atoms with Gasteiger partial charge in [0, 0.05) is 36.9 Å². The number of allylic oxidation sites excluding steroid dienone is 1. The summed E-state index contributed by atoms with van der Waals surface area (Å²) < 4.78 is 8.05. The van der Waals surface area contributed by atoms with Gasteiger partial charge in [0.15, 0.2) is 0 Å². The highest BCUT2D eigenvalue weighted by atomic mass is 16.5. The number of imidazole rings is 1. The lowest BCUT2D eigenvalue weighted by molar-refractivity contribution is -0.120. The van der Waals surface area contributed by atoms with Gasteiger partial charge in [-0.15, -0.1) is 0 Å². The van der Waals surface area contributed by atoms with Gasteiger partial charge >= 0.3 is 0 Å². The number of nitrogens with one attached hydrogen (secondary N) is 1. The van der Waals surface area contributed by atoms with Crippen molar-refractivity contribution in [2.45, 2.75) is 51.9 Å². The summed E-state index contributed by atoms with van der Waals surface area (Å²) in [6.07, 6.45) is 5.27. The highest BCUT2D eigenvalue weighted by Gasteiger charge is 2.45. The molecule has 3 atom stereocenters. The van der Waals surface area contributed by atoms with Crippen LogP contribution < -0.4 is 5.32 Å². The Labute approximate surface area is 190 Å². The van der Waals surface area contributed by atoms with Crippen LogP contribution in [0, 0.1) is 30.1 Å². The summed E-state index contributed by atoms with van der Waals surface area (Å²) in [5.74, 6) is 1.77. The number of aryl methyl sites for hydroxylation is 2. The van der Waals surface area contributed by atoms with E-state index in [0.29, 0.717) is 43.5 Å². The predicted molar refractivity (Wildman–Crippen MR) is 124 cm³/mol. The molecule has 2 aliphatic rings. The van der Waals surface area contributed by atoms with Crippen LogP contribution in [0.25, 0.3) is 5.69 Å². The highest BCUT2D eigenvalue weighted by Crippen LogP contribution is 2.47. The normalized spacial score (nSPS) is 26.5. The van der Waals surface area contributed by atoms with Gasteiger partial charge in [0.1, 0.15) is 5.82 Å². The molecule has 1 N–H and O–H groups in total. The molecule has 0 saturated carbocycles. The van der Waals surface area contributed by atoms with E-state index in [1.54, 1.807) is 7.05 Å². The summed E-state index contributed by atoms with van der Waals surface area (Å²) in [4.78, 5) is 16.8. The van der Waals surface area contributed by atoms with E-state index in [-0.39, 0.29) is 11.3 Å². The second-order valence-corrected chi connectivity index (χ2v) is 9.33. The number of hydrogen-bond acceptors (Lipinski definition) is 4. The molecule has 1 amide bonds. The maximum absolute atomic E-state index is 11.7. The Morgan fingerprint density at radius 1 is 1.44 bits per heavy atom. The predicted octanol–water partition coefficient (Wildman–Crippen LogP) is 3.80. The molecule has 6 nitrogen and oxygen atoms in total. The summed E-state index contributed by atoms with van der Waals surface area (Å²) in [5, 5.41) is 12.3. The number of hydrogen-bond donors (Lipinski definition) is 1. The van der Waals surface area contributed by atoms with Crippen LogP contribution in [0.1, 0.15) is 49.5 Å². The zero-order valence-electron chi connectivity index (χ0n) is 19.4. The highest BCUT2D eigenvalue weighted by molar-refractivity contribution is 5.75. The Morgan fingerprint density at radius 3 is 3.00 bits per heavy atom. The van der Waals surface area contributed by atoms with E-state index < -0.39 is 0 Å². The van der Waals surface area contributed by atoms with Crippen molar-refractivity contribution in [3.05, 3.63) is 58.7 Å². The molecule has 0 spiro atoms. The molecule has 0 saturated heterocycles. The molecular weight excluding hydrogens is 400 g/mol. The van der Waals surface area contributed by atoms with Crippen molar-refractivity contribution in [2.24, 2.45) is 11.8 Å². The molecule has 1 aliphatic carbocycles. The lowest BCUT2D eigenvalue weighted by atomic mass is 9.62. The van der Waals surface area contributed by atoms with Crippen molar-refractivity contribution in [3.8, 4) is 11.8 Å². The third-order valence-corrected chi connectivity index (χ3v) is 7.14. The largest absolute Gasteiger partial charge is 0.376 e. The minimum absolute atomic E-state index is 0.0491. The van der Waals surface area contributed by atoms with E-state index in [0.717, 1.165) is 35.6 Å². The van der Waals surface area contributed by atoms with Gasteiger partial charge < -0.3 is 14.6 Å². The lowest BCUT2D eigenvalue weighted by Crippen LogP contribution is -2.42. The van der Waals surface area contributed by atoms with Gasteiger partial charge in [-0.1, -0.05) is 32.1 Å². The SMILES string of the molecule is CNC(=O)CCc1cccc(-n2c(C)nc3c2CC[C@H]2[C@H](C)COC/C(C#N)=C\[C@]32C)c1. The summed E-state index contributed by atoms with van der Waals surface area (Å²) in [6.45, 7) is 7.58. The van der Waals surface area contributed by atoms with Gasteiger partial charge in [0.2, 0.25) is 5.91 Å². The average molecular weight is 433 g/mol. The van der Waals surface area contributed by atoms with Gasteiger partial charge in [-0.25, -0.2) is 4.98 Å². The maximum atomic E-state index is 11.7. The fourth-order valence-corrected chi connectivity index (χ4v) is 5.57. The Kier molecular flexibility index (Phi) is 6.21. The fraction of sp³-hybridized carbons (Fsp3) is 0.500. The second kappa shape index (κ2) is 8.91. The third-order valence-electron chi connectivity index (χ3n) is 7.14. The number of rotatable bonds is 4. The molecule has 0 unspecified atom stereocenters. The van der Waals surface area contributed by atoms with E-state index >= 15 is 0 Å². The first-order valence-corrected chi connectivity index (χ1v) is 11.5. The monoisotopic (exact) mass is 432 g/mol. The first-order valence-electron chi connectivity index (χ1n) is 11.5. The zero-order chi connectivity index (χ0) is 22.9. The molecule has 4 rings (SSSR count). The van der Waals surface area contributed by atoms with Gasteiger partial charge in [-0.05, 0) is 55.7 Å². The van der Waals surface area contributed by atoms with E-state index in [1.165, 1.54) is 5.69 Å². The smallest absolute Gasteiger partial charge is 0.220 e. The topological polar surface area (TPSA) is 79.9 Å². The van der Waals surface area contributed by atoms with Crippen LogP contribution in [0.2, 0.25) is 0 Å². The first kappa shape index (κ1) is 22.3. The Hall–Kier alpha value is -2.91. The second-order valence-electron chi connectivity index (χ2n) is 9.33. The van der Waals surface area contributed by atoms with Gasteiger partial charge in [0.05, 0.1) is 23.9 Å². The summed E-state index contributed by atoms with van der Waals surface area (Å²) in [6, 6.07) is 10.7. The number of ether oxygens (including phenoxy) is 1. The van der Waals surface area contributed by atoms with Crippen molar-refractivity contribution in [1.29, 1.82) is 5.26 Å². The summed E-state index contributed by atoms with van der Waals surface area (Å²) >= 11 is 0. The summed E-state index contributed by atoms with van der Waals surface area (Å²) in [5.41, 5.74) is 4.92. The molecular formula is C26H32N4O2. The molecule has 32 heavy (non-hydrogen) atoms. The van der Waals surface area contributed by atoms with Crippen LogP contribution in [0.3, 0.4) is 0 Å². The number of carbonyl (C=O) groups is 1. The number of fused-ring (bicyclic) bond motifs is 3. The zero-order valence-corrected chi connectivity index (χ0v) is 19.4. The van der Waals surface area contributed by atoms with Gasteiger partial charge in [-0.3, -0.25) is 4.79 Å². The van der Waals surface area contributed by atoms with E-state index in [4.69, 9.17) is 9.72 Å². The lowest BCUT2D eigenvalue weighted by Gasteiger charge is -2.43. The standard InChI is InChI=1S/C26H32N4O2/c1-17-15-32-16-20(14-27)13-26(3)22(17)9-10-23-25(26)29-18(2)30(23)21-7-5-6-19(12-21)8-11-24(31)28-4/h5-7,12-13,17,22H,8-11,15-16H2,1-4H3,(H,28,31)/b20-13-/t17-,22+,26+/m1/s1. The van der Waals surface area contributed by atoms with E-state index in [1.807, 2.05) is 0 Å². The van der Waals surface area contributed by atoms with Crippen molar-refractivity contribution in [1.82, 2.24) is 14.9 Å². The van der Waals surface area contributed by atoms with Gasteiger partial charge in [-0.2, -0.15) is 5.26 Å². The fourth-order valence-electron chi connectivity index (χ4n) is 5.57.